The van der Waals surface area contributed by atoms with Crippen molar-refractivity contribution in [3.8, 4) is 0 Å². The maximum absolute atomic E-state index is 12.2. The highest BCUT2D eigenvalue weighted by molar-refractivity contribution is 9.10. The Morgan fingerprint density at radius 1 is 1.33 bits per heavy atom. The highest BCUT2D eigenvalue weighted by atomic mass is 79.9. The number of halogens is 1. The molecule has 5 heteroatoms. The van der Waals surface area contributed by atoms with Gasteiger partial charge in [-0.05, 0) is 37.6 Å². The lowest BCUT2D eigenvalue weighted by atomic mass is 9.89. The summed E-state index contributed by atoms with van der Waals surface area (Å²) in [5, 5.41) is 0. The Hall–Kier alpha value is -1.36. The van der Waals surface area contributed by atoms with Gasteiger partial charge in [0.1, 0.15) is 0 Å². The van der Waals surface area contributed by atoms with E-state index in [0.717, 1.165) is 4.47 Å². The van der Waals surface area contributed by atoms with Crippen LogP contribution in [0.25, 0.3) is 0 Å². The Labute approximate surface area is 114 Å². The first kappa shape index (κ1) is 13.1. The van der Waals surface area contributed by atoms with Gasteiger partial charge in [0.05, 0.1) is 5.41 Å². The van der Waals surface area contributed by atoms with E-state index in [9.17, 15) is 9.59 Å². The summed E-state index contributed by atoms with van der Waals surface area (Å²) in [7, 11) is 0. The van der Waals surface area contributed by atoms with E-state index in [1.165, 1.54) is 0 Å². The minimum atomic E-state index is -0.592. The predicted molar refractivity (Wildman–Crippen MR) is 72.0 cm³/mol. The van der Waals surface area contributed by atoms with Crippen molar-refractivity contribution in [2.75, 3.05) is 13.1 Å². The third-order valence-corrected chi connectivity index (χ3v) is 3.98. The summed E-state index contributed by atoms with van der Waals surface area (Å²) < 4.78 is 0.933. The monoisotopic (exact) mass is 310 g/mol. The molecule has 1 atom stereocenters. The third-order valence-electron chi connectivity index (χ3n) is 3.45. The number of carbonyl (C=O) groups is 2. The quantitative estimate of drug-likeness (QED) is 0.905. The zero-order valence-corrected chi connectivity index (χ0v) is 11.7. The van der Waals surface area contributed by atoms with E-state index in [1.54, 1.807) is 17.0 Å². The maximum Gasteiger partial charge on any atom is 0.253 e. The van der Waals surface area contributed by atoms with Gasteiger partial charge in [0.15, 0.2) is 0 Å². The second kappa shape index (κ2) is 4.72. The number of primary amides is 1. The molecule has 1 aromatic carbocycles. The van der Waals surface area contributed by atoms with E-state index in [4.69, 9.17) is 5.73 Å². The van der Waals surface area contributed by atoms with Crippen LogP contribution in [-0.2, 0) is 4.79 Å². The summed E-state index contributed by atoms with van der Waals surface area (Å²) in [6.45, 7) is 2.79. The molecular formula is C13H15BrN2O2. The van der Waals surface area contributed by atoms with Crippen LogP contribution in [0.2, 0.25) is 0 Å². The van der Waals surface area contributed by atoms with Gasteiger partial charge in [-0.2, -0.15) is 0 Å². The van der Waals surface area contributed by atoms with E-state index < -0.39 is 5.41 Å². The number of rotatable bonds is 2. The SMILES string of the molecule is CC1(C(N)=O)CCN(C(=O)c2ccc(Br)cc2)C1. The molecule has 1 saturated heterocycles. The van der Waals surface area contributed by atoms with Crippen molar-refractivity contribution in [3.63, 3.8) is 0 Å². The predicted octanol–water partition coefficient (Wildman–Crippen LogP) is 1.79. The molecule has 96 valence electrons. The molecule has 2 amide bonds. The van der Waals surface area contributed by atoms with E-state index in [0.29, 0.717) is 25.1 Å². The van der Waals surface area contributed by atoms with Crippen LogP contribution in [0.15, 0.2) is 28.7 Å². The molecule has 0 aromatic heterocycles. The van der Waals surface area contributed by atoms with Crippen molar-refractivity contribution >= 4 is 27.7 Å². The van der Waals surface area contributed by atoms with Crippen LogP contribution in [-0.4, -0.2) is 29.8 Å². The average molecular weight is 311 g/mol. The Kier molecular flexibility index (Phi) is 3.43. The van der Waals surface area contributed by atoms with E-state index >= 15 is 0 Å². The van der Waals surface area contributed by atoms with Gasteiger partial charge >= 0.3 is 0 Å². The smallest absolute Gasteiger partial charge is 0.253 e. The number of carbonyl (C=O) groups excluding carboxylic acids is 2. The summed E-state index contributed by atoms with van der Waals surface area (Å²) in [6, 6.07) is 7.20. The standard InChI is InChI=1S/C13H15BrN2O2/c1-13(12(15)18)6-7-16(8-13)11(17)9-2-4-10(14)5-3-9/h2-5H,6-8H2,1H3,(H2,15,18). The topological polar surface area (TPSA) is 63.4 Å². The van der Waals surface area contributed by atoms with Gasteiger partial charge in [-0.15, -0.1) is 0 Å². The van der Waals surface area contributed by atoms with Gasteiger partial charge in [0, 0.05) is 23.1 Å². The molecule has 1 aliphatic rings. The number of nitrogens with two attached hydrogens (primary N) is 1. The Morgan fingerprint density at radius 3 is 2.44 bits per heavy atom. The molecule has 2 N–H and O–H groups in total. The zero-order chi connectivity index (χ0) is 13.3. The minimum absolute atomic E-state index is 0.0486. The molecule has 0 spiro atoms. The van der Waals surface area contributed by atoms with Gasteiger partial charge in [-0.3, -0.25) is 9.59 Å². The Bertz CT molecular complexity index is 486. The minimum Gasteiger partial charge on any atom is -0.369 e. The van der Waals surface area contributed by atoms with Crippen molar-refractivity contribution in [3.05, 3.63) is 34.3 Å². The van der Waals surface area contributed by atoms with Gasteiger partial charge < -0.3 is 10.6 Å². The second-order valence-corrected chi connectivity index (χ2v) is 5.82. The Balaban J connectivity index is 2.12. The lowest BCUT2D eigenvalue weighted by molar-refractivity contribution is -0.126. The largest absolute Gasteiger partial charge is 0.369 e. The fourth-order valence-electron chi connectivity index (χ4n) is 2.11. The fourth-order valence-corrected chi connectivity index (χ4v) is 2.37. The molecule has 4 nitrogen and oxygen atoms in total. The van der Waals surface area contributed by atoms with Crippen LogP contribution in [0.1, 0.15) is 23.7 Å². The van der Waals surface area contributed by atoms with Crippen molar-refractivity contribution < 1.29 is 9.59 Å². The van der Waals surface area contributed by atoms with Crippen molar-refractivity contribution in [1.29, 1.82) is 0 Å². The highest BCUT2D eigenvalue weighted by Crippen LogP contribution is 2.30. The number of hydrogen-bond acceptors (Lipinski definition) is 2. The molecule has 0 radical (unpaired) electrons. The van der Waals surface area contributed by atoms with Crippen LogP contribution < -0.4 is 5.73 Å². The number of hydrogen-bond donors (Lipinski definition) is 1. The molecule has 18 heavy (non-hydrogen) atoms. The van der Waals surface area contributed by atoms with Gasteiger partial charge in [-0.1, -0.05) is 15.9 Å². The second-order valence-electron chi connectivity index (χ2n) is 4.91. The van der Waals surface area contributed by atoms with Crippen LogP contribution in [0.3, 0.4) is 0 Å². The van der Waals surface area contributed by atoms with Gasteiger partial charge in [-0.25, -0.2) is 0 Å². The summed E-state index contributed by atoms with van der Waals surface area (Å²) >= 11 is 3.33. The summed E-state index contributed by atoms with van der Waals surface area (Å²) in [5.74, 6) is -0.388. The maximum atomic E-state index is 12.2. The number of benzene rings is 1. The molecule has 1 aliphatic heterocycles. The molecule has 1 heterocycles. The zero-order valence-electron chi connectivity index (χ0n) is 10.1. The Morgan fingerprint density at radius 2 is 1.94 bits per heavy atom. The lowest BCUT2D eigenvalue weighted by Crippen LogP contribution is -2.38. The lowest BCUT2D eigenvalue weighted by Gasteiger charge is -2.21. The molecule has 1 aromatic rings. The molecule has 0 saturated carbocycles. The normalized spacial score (nSPS) is 23.1. The van der Waals surface area contributed by atoms with Gasteiger partial charge in [0.2, 0.25) is 5.91 Å². The van der Waals surface area contributed by atoms with Gasteiger partial charge in [0.25, 0.3) is 5.91 Å². The van der Waals surface area contributed by atoms with Crippen molar-refractivity contribution in [1.82, 2.24) is 4.90 Å². The third kappa shape index (κ3) is 2.41. The number of nitrogens with zero attached hydrogens (tertiary/aromatic N) is 1. The number of amides is 2. The molecule has 0 aliphatic carbocycles. The summed E-state index contributed by atoms with van der Waals surface area (Å²) in [5.41, 5.74) is 5.41. The van der Waals surface area contributed by atoms with E-state index in [2.05, 4.69) is 15.9 Å². The van der Waals surface area contributed by atoms with Crippen molar-refractivity contribution in [2.45, 2.75) is 13.3 Å². The van der Waals surface area contributed by atoms with Crippen molar-refractivity contribution in [2.24, 2.45) is 11.1 Å². The molecule has 1 unspecified atom stereocenters. The molecule has 1 fully saturated rings. The first-order valence-corrected chi connectivity index (χ1v) is 6.56. The molecular weight excluding hydrogens is 296 g/mol. The average Bonchev–Trinajstić information content (AvgIpc) is 2.73. The first-order chi connectivity index (χ1) is 8.42. The van der Waals surface area contributed by atoms with Crippen LogP contribution in [0.5, 0.6) is 0 Å². The first-order valence-electron chi connectivity index (χ1n) is 5.77. The molecule has 0 bridgehead atoms. The summed E-state index contributed by atoms with van der Waals surface area (Å²) in [6.07, 6.45) is 0.630. The van der Waals surface area contributed by atoms with E-state index in [1.807, 2.05) is 19.1 Å². The van der Waals surface area contributed by atoms with Crippen LogP contribution >= 0.6 is 15.9 Å². The summed E-state index contributed by atoms with van der Waals surface area (Å²) in [4.78, 5) is 25.3. The highest BCUT2D eigenvalue weighted by Gasteiger charge is 2.40. The van der Waals surface area contributed by atoms with Crippen LogP contribution in [0, 0.1) is 5.41 Å². The van der Waals surface area contributed by atoms with Crippen LogP contribution in [0.4, 0.5) is 0 Å². The van der Waals surface area contributed by atoms with E-state index in [-0.39, 0.29) is 11.8 Å². The number of likely N-dealkylation sites (tertiary alicyclic amines) is 1. The fraction of sp³-hybridized carbons (Fsp3) is 0.385. The molecule has 2 rings (SSSR count).